The Morgan fingerprint density at radius 2 is 2.07 bits per heavy atom. The third kappa shape index (κ3) is 2.94. The van der Waals surface area contributed by atoms with E-state index in [1.54, 1.807) is 6.07 Å². The van der Waals surface area contributed by atoms with Crippen LogP contribution in [-0.4, -0.2) is 15.0 Å². The maximum absolute atomic E-state index is 12.7. The monoisotopic (exact) mass is 418 g/mol. The molecule has 1 aromatic heterocycles. The fourth-order valence-electron chi connectivity index (χ4n) is 4.08. The zero-order valence-electron chi connectivity index (χ0n) is 15.3. The van der Waals surface area contributed by atoms with Crippen LogP contribution in [-0.2, 0) is 28.4 Å². The zero-order valence-corrected chi connectivity index (χ0v) is 16.8. The summed E-state index contributed by atoms with van der Waals surface area (Å²) >= 11 is 6.34. The Bertz CT molecular complexity index is 1180. The number of benzene rings is 2. The fraction of sp³-hybridized carbons (Fsp3) is 0.286. The first-order chi connectivity index (χ1) is 13.2. The van der Waals surface area contributed by atoms with E-state index >= 15 is 0 Å². The van der Waals surface area contributed by atoms with Crippen LogP contribution in [0.5, 0.6) is 0 Å². The molecule has 0 amide bonds. The second-order valence-corrected chi connectivity index (χ2v) is 9.35. The number of nitrogens with zero attached hydrogens (tertiary/aromatic N) is 1. The average molecular weight is 419 g/mol. The fourth-order valence-corrected chi connectivity index (χ4v) is 5.09. The minimum atomic E-state index is -2.89. The van der Waals surface area contributed by atoms with Crippen molar-refractivity contribution in [3.8, 4) is 6.07 Å². The molecule has 2 aromatic carbocycles. The first-order valence-corrected chi connectivity index (χ1v) is 10.5. The molecule has 0 saturated carbocycles. The Labute approximate surface area is 168 Å². The highest BCUT2D eigenvalue weighted by Gasteiger charge is 2.36. The molecule has 3 aromatic rings. The molecule has 0 bridgehead atoms. The molecule has 0 aliphatic heterocycles. The maximum Gasteiger partial charge on any atom is 0.312 e. The summed E-state index contributed by atoms with van der Waals surface area (Å²) in [5.41, 5.74) is 5.73. The lowest BCUT2D eigenvalue weighted by atomic mass is 9.71. The third-order valence-corrected chi connectivity index (χ3v) is 6.81. The van der Waals surface area contributed by atoms with Crippen LogP contribution in [0.25, 0.3) is 10.9 Å². The van der Waals surface area contributed by atoms with E-state index in [0.717, 1.165) is 33.3 Å². The Morgan fingerprint density at radius 1 is 1.32 bits per heavy atom. The summed E-state index contributed by atoms with van der Waals surface area (Å²) in [6, 6.07) is 11.4. The molecular weight excluding hydrogens is 402 g/mol. The van der Waals surface area contributed by atoms with Crippen molar-refractivity contribution < 1.29 is 13.0 Å². The smallest absolute Gasteiger partial charge is 0.312 e. The van der Waals surface area contributed by atoms with Crippen LogP contribution in [0.15, 0.2) is 30.3 Å². The summed E-state index contributed by atoms with van der Waals surface area (Å²) in [6.45, 7) is 4.12. The quantitative estimate of drug-likeness (QED) is 0.619. The molecule has 144 valence electrons. The number of aromatic amines is 1. The van der Waals surface area contributed by atoms with Crippen molar-refractivity contribution >= 4 is 33.3 Å². The first-order valence-electron chi connectivity index (χ1n) is 8.74. The van der Waals surface area contributed by atoms with Gasteiger partial charge in [-0.15, -0.1) is 0 Å². The van der Waals surface area contributed by atoms with Crippen molar-refractivity contribution in [2.75, 3.05) is 0 Å². The highest BCUT2D eigenvalue weighted by molar-refractivity contribution is 7.84. The van der Waals surface area contributed by atoms with Crippen molar-refractivity contribution in [3.05, 3.63) is 68.9 Å². The van der Waals surface area contributed by atoms with E-state index in [2.05, 4.69) is 24.9 Å². The Kier molecular flexibility index (Phi) is 4.56. The summed E-state index contributed by atoms with van der Waals surface area (Å²) in [6.07, 6.45) is 0.651. The van der Waals surface area contributed by atoms with Gasteiger partial charge in [-0.2, -0.15) is 14.0 Å². The molecule has 1 aliphatic rings. The van der Waals surface area contributed by atoms with Gasteiger partial charge in [0.25, 0.3) is 0 Å². The largest absolute Gasteiger partial charge is 0.357 e. The van der Waals surface area contributed by atoms with Crippen LogP contribution in [0.2, 0.25) is 5.02 Å². The average Bonchev–Trinajstić information content (AvgIpc) is 3.01. The van der Waals surface area contributed by atoms with E-state index in [0.29, 0.717) is 22.6 Å². The summed E-state index contributed by atoms with van der Waals surface area (Å²) in [5.74, 6) is -3.17. The Balaban J connectivity index is 1.86. The summed E-state index contributed by atoms with van der Waals surface area (Å²) in [4.78, 5) is 3.45. The van der Waals surface area contributed by atoms with Crippen LogP contribution in [0.1, 0.15) is 47.4 Å². The van der Waals surface area contributed by atoms with E-state index < -0.39 is 22.0 Å². The number of aromatic nitrogens is 1. The molecule has 0 spiro atoms. The second-order valence-electron chi connectivity index (χ2n) is 7.54. The molecule has 1 N–H and O–H groups in total. The number of fused-ring (bicyclic) bond motifs is 4. The molecule has 1 heterocycles. The molecule has 7 heteroatoms. The molecule has 0 radical (unpaired) electrons. The van der Waals surface area contributed by atoms with Gasteiger partial charge in [-0.25, -0.2) is 0 Å². The van der Waals surface area contributed by atoms with E-state index in [1.807, 2.05) is 24.3 Å². The van der Waals surface area contributed by atoms with Crippen LogP contribution < -0.4 is 0 Å². The van der Waals surface area contributed by atoms with Gasteiger partial charge in [-0.05, 0) is 40.5 Å². The predicted molar refractivity (Wildman–Crippen MR) is 107 cm³/mol. The van der Waals surface area contributed by atoms with Gasteiger partial charge in [0.1, 0.15) is 0 Å². The lowest BCUT2D eigenvalue weighted by molar-refractivity contribution is 0.243. The van der Waals surface area contributed by atoms with E-state index in [-0.39, 0.29) is 5.75 Å². The Morgan fingerprint density at radius 3 is 2.75 bits per heavy atom. The third-order valence-electron chi connectivity index (χ3n) is 5.47. The van der Waals surface area contributed by atoms with E-state index in [4.69, 9.17) is 16.9 Å². The number of alkyl halides is 2. The first kappa shape index (κ1) is 19.1. The van der Waals surface area contributed by atoms with Crippen LogP contribution in [0.3, 0.4) is 0 Å². The van der Waals surface area contributed by atoms with Gasteiger partial charge in [0.15, 0.2) is 0 Å². The number of rotatable bonds is 3. The molecule has 1 aliphatic carbocycles. The molecule has 28 heavy (non-hydrogen) atoms. The standard InChI is InChI=1S/C21H17ClF2N2OS/c1-21(2)16-7-13(10-28(27)20(23)24)17(22)8-12(16)6-15-14-4-3-11(9-25)5-18(14)26-19(15)21/h3-5,7-8,20,26H,6,10H2,1-2H3. The van der Waals surface area contributed by atoms with Crippen LogP contribution >= 0.6 is 11.6 Å². The van der Waals surface area contributed by atoms with Gasteiger partial charge in [-0.1, -0.05) is 37.6 Å². The van der Waals surface area contributed by atoms with Crippen molar-refractivity contribution in [2.45, 2.75) is 37.2 Å². The number of halogens is 3. The summed E-state index contributed by atoms with van der Waals surface area (Å²) < 4.78 is 37.1. The van der Waals surface area contributed by atoms with Crippen LogP contribution in [0.4, 0.5) is 8.78 Å². The van der Waals surface area contributed by atoms with Gasteiger partial charge in [-0.3, -0.25) is 4.21 Å². The summed E-state index contributed by atoms with van der Waals surface area (Å²) in [5, 5.41) is 10.6. The molecule has 1 unspecified atom stereocenters. The normalized spacial score (nSPS) is 15.9. The number of hydrogen-bond donors (Lipinski definition) is 1. The minimum absolute atomic E-state index is 0.273. The van der Waals surface area contributed by atoms with Gasteiger partial charge < -0.3 is 4.98 Å². The van der Waals surface area contributed by atoms with Gasteiger partial charge in [0.2, 0.25) is 0 Å². The van der Waals surface area contributed by atoms with Crippen molar-refractivity contribution in [1.29, 1.82) is 5.26 Å². The van der Waals surface area contributed by atoms with Gasteiger partial charge >= 0.3 is 5.76 Å². The molecule has 4 rings (SSSR count). The van der Waals surface area contributed by atoms with Gasteiger partial charge in [0, 0.05) is 33.5 Å². The minimum Gasteiger partial charge on any atom is -0.357 e. The SMILES string of the molecule is CC1(C)c2cc(CS(=O)C(F)F)c(Cl)cc2Cc2c1[nH]c1cc(C#N)ccc21. The van der Waals surface area contributed by atoms with Gasteiger partial charge in [0.05, 0.1) is 28.2 Å². The molecule has 1 atom stereocenters. The maximum atomic E-state index is 12.7. The van der Waals surface area contributed by atoms with Crippen molar-refractivity contribution in [3.63, 3.8) is 0 Å². The zero-order chi connectivity index (χ0) is 20.2. The molecule has 0 fully saturated rings. The van der Waals surface area contributed by atoms with Crippen molar-refractivity contribution in [2.24, 2.45) is 0 Å². The molecule has 0 saturated heterocycles. The lowest BCUT2D eigenvalue weighted by Gasteiger charge is -2.33. The number of nitriles is 1. The number of nitrogens with one attached hydrogen (secondary N) is 1. The van der Waals surface area contributed by atoms with E-state index in [1.165, 1.54) is 0 Å². The van der Waals surface area contributed by atoms with Crippen molar-refractivity contribution in [1.82, 2.24) is 4.98 Å². The highest BCUT2D eigenvalue weighted by atomic mass is 35.5. The number of hydrogen-bond acceptors (Lipinski definition) is 2. The highest BCUT2D eigenvalue weighted by Crippen LogP contribution is 2.45. The predicted octanol–water partition coefficient (Wildman–Crippen LogP) is 5.39. The topological polar surface area (TPSA) is 56.6 Å². The molecule has 3 nitrogen and oxygen atoms in total. The Hall–Kier alpha value is -2.23. The van der Waals surface area contributed by atoms with Crippen LogP contribution in [0, 0.1) is 11.3 Å². The number of H-pyrrole nitrogens is 1. The summed E-state index contributed by atoms with van der Waals surface area (Å²) in [7, 11) is -2.28. The van der Waals surface area contributed by atoms with E-state index in [9.17, 15) is 13.0 Å². The lowest BCUT2D eigenvalue weighted by Crippen LogP contribution is -2.27. The molecular formula is C21H17ClF2N2OS. The second kappa shape index (κ2) is 6.68.